The second-order valence-electron chi connectivity index (χ2n) is 5.40. The van der Waals surface area contributed by atoms with Gasteiger partial charge >= 0.3 is 0 Å². The average Bonchev–Trinajstić information content (AvgIpc) is 2.55. The lowest BCUT2D eigenvalue weighted by Crippen LogP contribution is -2.24. The molecule has 1 aliphatic rings. The highest BCUT2D eigenvalue weighted by atomic mass is 16.6. The highest BCUT2D eigenvalue weighted by Gasteiger charge is 2.12. The van der Waals surface area contributed by atoms with E-state index in [1.807, 2.05) is 42.5 Å². The molecule has 3 heteroatoms. The summed E-state index contributed by atoms with van der Waals surface area (Å²) in [7, 11) is 0. The number of hydrogen-bond donors (Lipinski definition) is 1. The van der Waals surface area contributed by atoms with Gasteiger partial charge in [0.2, 0.25) is 0 Å². The summed E-state index contributed by atoms with van der Waals surface area (Å²) in [6.07, 6.45) is 4.66. The maximum absolute atomic E-state index is 12.1. The highest BCUT2D eigenvalue weighted by Crippen LogP contribution is 2.22. The number of aryl methyl sites for hydroxylation is 2. The van der Waals surface area contributed by atoms with E-state index in [0.717, 1.165) is 18.4 Å². The molecule has 0 spiro atoms. The lowest BCUT2D eigenvalue weighted by Gasteiger charge is -2.16. The van der Waals surface area contributed by atoms with Gasteiger partial charge in [-0.3, -0.25) is 9.63 Å². The van der Waals surface area contributed by atoms with E-state index in [4.69, 9.17) is 4.84 Å². The predicted octanol–water partition coefficient (Wildman–Crippen LogP) is 3.43. The summed E-state index contributed by atoms with van der Waals surface area (Å²) in [6, 6.07) is 15.7. The first-order valence-corrected chi connectivity index (χ1v) is 7.41. The van der Waals surface area contributed by atoms with Crippen LogP contribution in [-0.4, -0.2) is 5.91 Å². The Bertz CT molecular complexity index is 622. The topological polar surface area (TPSA) is 38.3 Å². The van der Waals surface area contributed by atoms with Crippen molar-refractivity contribution >= 4 is 5.91 Å². The van der Waals surface area contributed by atoms with Crippen LogP contribution in [0.5, 0.6) is 0 Å². The monoisotopic (exact) mass is 281 g/mol. The number of fused-ring (bicyclic) bond motifs is 1. The van der Waals surface area contributed by atoms with Crippen LogP contribution in [0.3, 0.4) is 0 Å². The van der Waals surface area contributed by atoms with Gasteiger partial charge in [-0.05, 0) is 54.5 Å². The van der Waals surface area contributed by atoms with E-state index in [9.17, 15) is 4.79 Å². The molecule has 2 aromatic carbocycles. The summed E-state index contributed by atoms with van der Waals surface area (Å²) < 4.78 is 0. The third-order valence-electron chi connectivity index (χ3n) is 3.86. The van der Waals surface area contributed by atoms with Crippen molar-refractivity contribution in [3.63, 3.8) is 0 Å². The molecule has 3 rings (SSSR count). The van der Waals surface area contributed by atoms with Crippen LogP contribution in [-0.2, 0) is 24.3 Å². The highest BCUT2D eigenvalue weighted by molar-refractivity contribution is 5.93. The van der Waals surface area contributed by atoms with E-state index in [2.05, 4.69) is 11.5 Å². The Morgan fingerprint density at radius 2 is 1.76 bits per heavy atom. The van der Waals surface area contributed by atoms with Crippen LogP contribution < -0.4 is 5.48 Å². The SMILES string of the molecule is O=C(NOCc1ccccc1)c1ccc2c(c1)CCCC2. The molecular formula is C18H19NO2. The predicted molar refractivity (Wildman–Crippen MR) is 81.8 cm³/mol. The van der Waals surface area contributed by atoms with Crippen LogP contribution in [0.25, 0.3) is 0 Å². The van der Waals surface area contributed by atoms with Crippen molar-refractivity contribution in [2.24, 2.45) is 0 Å². The largest absolute Gasteiger partial charge is 0.274 e. The first kappa shape index (κ1) is 13.8. The molecule has 0 aromatic heterocycles. The minimum atomic E-state index is -0.181. The van der Waals surface area contributed by atoms with Gasteiger partial charge in [0.05, 0.1) is 6.61 Å². The molecule has 0 atom stereocenters. The second kappa shape index (κ2) is 6.55. The van der Waals surface area contributed by atoms with Crippen molar-refractivity contribution in [1.82, 2.24) is 5.48 Å². The van der Waals surface area contributed by atoms with Crippen molar-refractivity contribution in [3.8, 4) is 0 Å². The van der Waals surface area contributed by atoms with Gasteiger partial charge in [-0.15, -0.1) is 0 Å². The van der Waals surface area contributed by atoms with Gasteiger partial charge in [-0.1, -0.05) is 36.4 Å². The number of nitrogens with one attached hydrogen (secondary N) is 1. The average molecular weight is 281 g/mol. The molecule has 0 aliphatic heterocycles. The molecule has 2 aromatic rings. The van der Waals surface area contributed by atoms with Crippen LogP contribution in [0, 0.1) is 0 Å². The van der Waals surface area contributed by atoms with E-state index < -0.39 is 0 Å². The number of carbonyl (C=O) groups is 1. The van der Waals surface area contributed by atoms with Gasteiger partial charge in [0.1, 0.15) is 0 Å². The fourth-order valence-electron chi connectivity index (χ4n) is 2.69. The first-order chi connectivity index (χ1) is 10.3. The Labute approximate surface area is 124 Å². The van der Waals surface area contributed by atoms with Gasteiger partial charge in [0.25, 0.3) is 5.91 Å². The Morgan fingerprint density at radius 3 is 2.57 bits per heavy atom. The summed E-state index contributed by atoms with van der Waals surface area (Å²) in [5.74, 6) is -0.181. The van der Waals surface area contributed by atoms with E-state index >= 15 is 0 Å². The Morgan fingerprint density at radius 1 is 1.00 bits per heavy atom. The second-order valence-corrected chi connectivity index (χ2v) is 5.40. The van der Waals surface area contributed by atoms with E-state index in [-0.39, 0.29) is 5.91 Å². The molecule has 1 N–H and O–H groups in total. The van der Waals surface area contributed by atoms with Crippen LogP contribution in [0.1, 0.15) is 39.9 Å². The molecule has 108 valence electrons. The Balaban J connectivity index is 1.58. The fourth-order valence-corrected chi connectivity index (χ4v) is 2.69. The number of carbonyl (C=O) groups excluding carboxylic acids is 1. The summed E-state index contributed by atoms with van der Waals surface area (Å²) >= 11 is 0. The van der Waals surface area contributed by atoms with E-state index in [0.29, 0.717) is 12.2 Å². The Kier molecular flexibility index (Phi) is 4.31. The molecular weight excluding hydrogens is 262 g/mol. The molecule has 0 heterocycles. The number of hydrogen-bond acceptors (Lipinski definition) is 2. The Hall–Kier alpha value is -2.13. The molecule has 0 saturated carbocycles. The van der Waals surface area contributed by atoms with Crippen molar-refractivity contribution in [3.05, 3.63) is 70.8 Å². The van der Waals surface area contributed by atoms with Gasteiger partial charge in [0, 0.05) is 5.56 Å². The van der Waals surface area contributed by atoms with Crippen LogP contribution in [0.2, 0.25) is 0 Å². The smallest absolute Gasteiger partial charge is 0.269 e. The summed E-state index contributed by atoms with van der Waals surface area (Å²) in [5, 5.41) is 0. The summed E-state index contributed by atoms with van der Waals surface area (Å²) in [6.45, 7) is 0.373. The van der Waals surface area contributed by atoms with Gasteiger partial charge in [0.15, 0.2) is 0 Å². The number of hydroxylamine groups is 1. The lowest BCUT2D eigenvalue weighted by molar-refractivity contribution is 0.0233. The zero-order valence-electron chi connectivity index (χ0n) is 12.0. The molecule has 3 nitrogen and oxygen atoms in total. The molecule has 1 aliphatic carbocycles. The normalized spacial score (nSPS) is 13.5. The minimum absolute atomic E-state index is 0.181. The van der Waals surface area contributed by atoms with Crippen molar-refractivity contribution in [1.29, 1.82) is 0 Å². The lowest BCUT2D eigenvalue weighted by atomic mass is 9.90. The zero-order valence-corrected chi connectivity index (χ0v) is 12.0. The minimum Gasteiger partial charge on any atom is -0.269 e. The number of benzene rings is 2. The van der Waals surface area contributed by atoms with E-state index in [1.165, 1.54) is 24.0 Å². The van der Waals surface area contributed by atoms with Crippen LogP contribution >= 0.6 is 0 Å². The third kappa shape index (κ3) is 3.50. The van der Waals surface area contributed by atoms with Gasteiger partial charge < -0.3 is 0 Å². The summed E-state index contributed by atoms with van der Waals surface area (Å²) in [5.41, 5.74) is 6.90. The molecule has 0 bridgehead atoms. The third-order valence-corrected chi connectivity index (χ3v) is 3.86. The molecule has 0 saturated heterocycles. The quantitative estimate of drug-likeness (QED) is 0.872. The van der Waals surface area contributed by atoms with Gasteiger partial charge in [-0.2, -0.15) is 0 Å². The zero-order chi connectivity index (χ0) is 14.5. The fraction of sp³-hybridized carbons (Fsp3) is 0.278. The van der Waals surface area contributed by atoms with Crippen LogP contribution in [0.4, 0.5) is 0 Å². The number of amides is 1. The molecule has 0 unspecified atom stereocenters. The standard InChI is InChI=1S/C18H19NO2/c20-18(19-21-13-14-6-2-1-3-7-14)17-11-10-15-8-4-5-9-16(15)12-17/h1-3,6-7,10-12H,4-5,8-9,13H2,(H,19,20). The van der Waals surface area contributed by atoms with Gasteiger partial charge in [-0.25, -0.2) is 5.48 Å². The van der Waals surface area contributed by atoms with Crippen molar-refractivity contribution in [2.45, 2.75) is 32.3 Å². The number of rotatable bonds is 4. The molecule has 0 fully saturated rings. The first-order valence-electron chi connectivity index (χ1n) is 7.41. The van der Waals surface area contributed by atoms with E-state index in [1.54, 1.807) is 0 Å². The molecule has 21 heavy (non-hydrogen) atoms. The molecule has 1 amide bonds. The maximum atomic E-state index is 12.1. The summed E-state index contributed by atoms with van der Waals surface area (Å²) in [4.78, 5) is 17.4. The van der Waals surface area contributed by atoms with Crippen molar-refractivity contribution < 1.29 is 9.63 Å². The molecule has 0 radical (unpaired) electrons. The maximum Gasteiger partial charge on any atom is 0.274 e. The van der Waals surface area contributed by atoms with Crippen molar-refractivity contribution in [2.75, 3.05) is 0 Å². The van der Waals surface area contributed by atoms with Crippen LogP contribution in [0.15, 0.2) is 48.5 Å².